The summed E-state index contributed by atoms with van der Waals surface area (Å²) in [5, 5.41) is 13.7. The standard InChI is InChI=1S/C26H29NO4/c1-3-5-13-27(14-6-4-2)17-21-22(28)12-11-20-25(29)24(31-26(20)21)16-19-15-18-9-7-8-10-23(18)30-19/h7-12,15-16,28H,3-6,13-14,17H2,1-2H3/b24-16+. The number of rotatable bonds is 9. The first-order chi connectivity index (χ1) is 15.1. The molecule has 1 aromatic heterocycles. The topological polar surface area (TPSA) is 66.9 Å². The molecule has 0 aliphatic carbocycles. The van der Waals surface area contributed by atoms with E-state index in [4.69, 9.17) is 9.15 Å². The van der Waals surface area contributed by atoms with Crippen molar-refractivity contribution in [2.75, 3.05) is 13.1 Å². The Morgan fingerprint density at radius 1 is 1.03 bits per heavy atom. The number of ketones is 1. The van der Waals surface area contributed by atoms with Crippen LogP contribution in [0.4, 0.5) is 0 Å². The van der Waals surface area contributed by atoms with Crippen LogP contribution in [0.15, 0.2) is 52.6 Å². The van der Waals surface area contributed by atoms with Gasteiger partial charge in [0.25, 0.3) is 0 Å². The molecule has 0 spiro atoms. The fourth-order valence-electron chi connectivity index (χ4n) is 4.06. The molecule has 0 atom stereocenters. The normalized spacial score (nSPS) is 14.5. The maximum absolute atomic E-state index is 13.0. The number of unbranched alkanes of at least 4 members (excludes halogenated alkanes) is 2. The first kappa shape index (κ1) is 21.2. The number of hydrogen-bond acceptors (Lipinski definition) is 4. The molecule has 3 aromatic rings. The average Bonchev–Trinajstić information content (AvgIpc) is 3.32. The van der Waals surface area contributed by atoms with Gasteiger partial charge in [-0.1, -0.05) is 56.7 Å². The SMILES string of the molecule is CCCC[NH+](CCCC)Cc1c([O-])ccc2c1O/C(=C/c1cc3ccccc3o1)C2=O. The highest BCUT2D eigenvalue weighted by molar-refractivity contribution is 6.14. The number of ether oxygens (including phenoxy) is 1. The number of para-hydroxylation sites is 1. The van der Waals surface area contributed by atoms with Crippen LogP contribution in [0, 0.1) is 0 Å². The molecule has 5 nitrogen and oxygen atoms in total. The Morgan fingerprint density at radius 2 is 1.77 bits per heavy atom. The Balaban J connectivity index is 1.62. The molecule has 1 aliphatic heterocycles. The maximum atomic E-state index is 13.0. The van der Waals surface area contributed by atoms with Crippen molar-refractivity contribution in [2.45, 2.75) is 46.1 Å². The van der Waals surface area contributed by atoms with Gasteiger partial charge in [-0.05, 0) is 31.0 Å². The van der Waals surface area contributed by atoms with E-state index in [-0.39, 0.29) is 17.3 Å². The first-order valence-electron chi connectivity index (χ1n) is 11.2. The van der Waals surface area contributed by atoms with Gasteiger partial charge in [0.05, 0.1) is 18.7 Å². The van der Waals surface area contributed by atoms with E-state index in [0.29, 0.717) is 29.2 Å². The van der Waals surface area contributed by atoms with E-state index in [1.165, 1.54) is 11.0 Å². The minimum Gasteiger partial charge on any atom is -0.872 e. The summed E-state index contributed by atoms with van der Waals surface area (Å²) < 4.78 is 11.8. The number of carbonyl (C=O) groups is 1. The van der Waals surface area contributed by atoms with Crippen molar-refractivity contribution in [1.82, 2.24) is 0 Å². The Kier molecular flexibility index (Phi) is 6.42. The van der Waals surface area contributed by atoms with Crippen molar-refractivity contribution in [3.05, 3.63) is 65.1 Å². The predicted octanol–water partition coefficient (Wildman–Crippen LogP) is 4.11. The van der Waals surface area contributed by atoms with Crippen LogP contribution < -0.4 is 14.7 Å². The summed E-state index contributed by atoms with van der Waals surface area (Å²) in [6, 6.07) is 12.6. The fraction of sp³-hybridized carbons (Fsp3) is 0.346. The van der Waals surface area contributed by atoms with E-state index in [0.717, 1.165) is 49.7 Å². The van der Waals surface area contributed by atoms with Crippen LogP contribution in [-0.4, -0.2) is 18.9 Å². The minimum atomic E-state index is -0.208. The number of nitrogens with one attached hydrogen (secondary N) is 1. The third-order valence-corrected chi connectivity index (χ3v) is 5.81. The van der Waals surface area contributed by atoms with Crippen LogP contribution in [0.25, 0.3) is 17.0 Å². The van der Waals surface area contributed by atoms with Crippen LogP contribution >= 0.6 is 0 Å². The average molecular weight is 420 g/mol. The number of Topliss-reactive ketones (excluding diaryl/α,β-unsaturated/α-hetero) is 1. The van der Waals surface area contributed by atoms with Gasteiger partial charge in [0.15, 0.2) is 5.76 Å². The number of furan rings is 1. The lowest BCUT2D eigenvalue weighted by Crippen LogP contribution is -3.10. The zero-order valence-corrected chi connectivity index (χ0v) is 18.2. The molecule has 0 radical (unpaired) electrons. The van der Waals surface area contributed by atoms with E-state index in [9.17, 15) is 9.90 Å². The second-order valence-corrected chi connectivity index (χ2v) is 8.18. The van der Waals surface area contributed by atoms with Crippen LogP contribution in [0.5, 0.6) is 11.5 Å². The Morgan fingerprint density at radius 3 is 2.48 bits per heavy atom. The maximum Gasteiger partial charge on any atom is 0.232 e. The summed E-state index contributed by atoms with van der Waals surface area (Å²) in [4.78, 5) is 14.3. The highest BCUT2D eigenvalue weighted by Crippen LogP contribution is 2.38. The summed E-state index contributed by atoms with van der Waals surface area (Å²) in [7, 11) is 0. The second-order valence-electron chi connectivity index (χ2n) is 8.18. The molecule has 1 aliphatic rings. The van der Waals surface area contributed by atoms with E-state index in [2.05, 4.69) is 13.8 Å². The molecule has 5 heteroatoms. The Labute approximate surface area is 182 Å². The molecule has 31 heavy (non-hydrogen) atoms. The molecule has 0 unspecified atom stereocenters. The van der Waals surface area contributed by atoms with Crippen LogP contribution in [0.1, 0.15) is 61.2 Å². The van der Waals surface area contributed by atoms with Crippen LogP contribution in [-0.2, 0) is 6.54 Å². The molecule has 0 fully saturated rings. The minimum absolute atomic E-state index is 0.0676. The van der Waals surface area contributed by atoms with Crippen molar-refractivity contribution in [1.29, 1.82) is 0 Å². The number of fused-ring (bicyclic) bond motifs is 2. The van der Waals surface area contributed by atoms with E-state index < -0.39 is 0 Å². The Bertz CT molecular complexity index is 1070. The summed E-state index contributed by atoms with van der Waals surface area (Å²) in [6.07, 6.45) is 6.08. The lowest BCUT2D eigenvalue weighted by molar-refractivity contribution is -0.914. The molecule has 0 saturated heterocycles. The van der Waals surface area contributed by atoms with Gasteiger partial charge in [0, 0.05) is 17.0 Å². The molecule has 2 heterocycles. The summed E-state index contributed by atoms with van der Waals surface area (Å²) in [5.41, 5.74) is 1.81. The number of benzene rings is 2. The Hall–Kier alpha value is -3.05. The van der Waals surface area contributed by atoms with Crippen molar-refractivity contribution in [3.8, 4) is 11.5 Å². The van der Waals surface area contributed by atoms with Gasteiger partial charge in [0.2, 0.25) is 5.78 Å². The molecule has 4 rings (SSSR count). The second kappa shape index (κ2) is 9.40. The first-order valence-corrected chi connectivity index (χ1v) is 11.2. The smallest absolute Gasteiger partial charge is 0.232 e. The molecule has 0 bridgehead atoms. The van der Waals surface area contributed by atoms with Gasteiger partial charge < -0.3 is 19.2 Å². The summed E-state index contributed by atoms with van der Waals surface area (Å²) in [5.74, 6) is 0.900. The number of allylic oxidation sites excluding steroid dienone is 1. The highest BCUT2D eigenvalue weighted by Gasteiger charge is 2.31. The lowest BCUT2D eigenvalue weighted by Gasteiger charge is -2.23. The van der Waals surface area contributed by atoms with Crippen molar-refractivity contribution >= 4 is 22.8 Å². The van der Waals surface area contributed by atoms with E-state index >= 15 is 0 Å². The molecular weight excluding hydrogens is 390 g/mol. The number of quaternary nitrogens is 1. The van der Waals surface area contributed by atoms with Gasteiger partial charge in [-0.3, -0.25) is 4.79 Å². The number of hydrogen-bond donors (Lipinski definition) is 1. The van der Waals surface area contributed by atoms with Crippen molar-refractivity contribution < 1.29 is 24.0 Å². The summed E-state index contributed by atoms with van der Waals surface area (Å²) >= 11 is 0. The fourth-order valence-corrected chi connectivity index (χ4v) is 4.06. The van der Waals surface area contributed by atoms with Crippen LogP contribution in [0.2, 0.25) is 0 Å². The van der Waals surface area contributed by atoms with E-state index in [1.54, 1.807) is 12.1 Å². The third-order valence-electron chi connectivity index (χ3n) is 5.81. The van der Waals surface area contributed by atoms with Crippen LogP contribution in [0.3, 0.4) is 0 Å². The third kappa shape index (κ3) is 4.52. The predicted molar refractivity (Wildman–Crippen MR) is 119 cm³/mol. The van der Waals surface area contributed by atoms with Gasteiger partial charge in [-0.25, -0.2) is 0 Å². The lowest BCUT2D eigenvalue weighted by atomic mass is 10.0. The van der Waals surface area contributed by atoms with E-state index in [1.807, 2.05) is 30.3 Å². The molecule has 0 saturated carbocycles. The summed E-state index contributed by atoms with van der Waals surface area (Å²) in [6.45, 7) is 6.94. The van der Waals surface area contributed by atoms with Gasteiger partial charge in [-0.2, -0.15) is 0 Å². The highest BCUT2D eigenvalue weighted by atomic mass is 16.5. The molecule has 2 aromatic carbocycles. The van der Waals surface area contributed by atoms with Crippen molar-refractivity contribution in [2.24, 2.45) is 0 Å². The van der Waals surface area contributed by atoms with Gasteiger partial charge >= 0.3 is 0 Å². The quantitative estimate of drug-likeness (QED) is 0.530. The molecule has 0 amide bonds. The zero-order chi connectivity index (χ0) is 21.8. The molecule has 1 N–H and O–H groups in total. The zero-order valence-electron chi connectivity index (χ0n) is 18.2. The number of carbonyl (C=O) groups excluding carboxylic acids is 1. The van der Waals surface area contributed by atoms with Gasteiger partial charge in [0.1, 0.15) is 23.6 Å². The van der Waals surface area contributed by atoms with Crippen molar-refractivity contribution in [3.63, 3.8) is 0 Å². The largest absolute Gasteiger partial charge is 0.872 e. The molecule has 162 valence electrons. The molecular formula is C26H29NO4. The monoisotopic (exact) mass is 419 g/mol. The van der Waals surface area contributed by atoms with Gasteiger partial charge in [-0.15, -0.1) is 0 Å².